The minimum atomic E-state index is 0. The quantitative estimate of drug-likeness (QED) is 0.508. The van der Waals surface area contributed by atoms with Crippen LogP contribution in [-0.2, 0) is 4.74 Å². The fourth-order valence-electron chi connectivity index (χ4n) is 0.570. The van der Waals surface area contributed by atoms with Crippen molar-refractivity contribution >= 4 is 46.4 Å². The van der Waals surface area contributed by atoms with Crippen LogP contribution in [0.1, 0.15) is 0 Å². The van der Waals surface area contributed by atoms with Crippen LogP contribution in [0.2, 0.25) is 0 Å². The predicted octanol–water partition coefficient (Wildman–Crippen LogP) is 1.61. The van der Waals surface area contributed by atoms with Gasteiger partial charge in [-0.2, -0.15) is 36.4 Å². The number of ether oxygens (including phenoxy) is 1. The van der Waals surface area contributed by atoms with E-state index < -0.39 is 0 Å². The number of aliphatic imine (C=N–C) groups is 1. The molecule has 0 aromatic heterocycles. The number of rotatable bonds is 0. The Bertz CT molecular complexity index is 173. The van der Waals surface area contributed by atoms with Crippen molar-refractivity contribution in [1.82, 2.24) is 0 Å². The van der Waals surface area contributed by atoms with Crippen molar-refractivity contribution < 1.29 is 4.74 Å². The topological polar surface area (TPSA) is 21.6 Å². The van der Waals surface area contributed by atoms with Gasteiger partial charge in [-0.3, -0.25) is 0 Å². The molecule has 2 nitrogen and oxygen atoms in total. The Hall–Kier alpha value is -0.0638. The second kappa shape index (κ2) is 11.9. The molecular formula is C9H10BrMgNO. The fraction of sp³-hybridized carbons (Fsp3) is 0.222. The molecule has 0 N–H and O–H groups in total. The van der Waals surface area contributed by atoms with Gasteiger partial charge in [0, 0.05) is 6.54 Å². The minimum absolute atomic E-state index is 0. The zero-order chi connectivity index (χ0) is 7.78. The Labute approximate surface area is 105 Å². The van der Waals surface area contributed by atoms with Gasteiger partial charge < -0.3 is 9.73 Å². The van der Waals surface area contributed by atoms with Crippen LogP contribution in [0.5, 0.6) is 0 Å². The first-order valence-electron chi connectivity index (χ1n) is 3.44. The molecule has 0 spiro atoms. The molecule has 0 saturated heterocycles. The number of halogens is 1. The van der Waals surface area contributed by atoms with Crippen LogP contribution in [-0.4, -0.2) is 42.6 Å². The first-order chi connectivity index (χ1) is 5.50. The Morgan fingerprint density at radius 3 is 2.00 bits per heavy atom. The van der Waals surface area contributed by atoms with Gasteiger partial charge in [-0.25, -0.2) is 6.40 Å². The summed E-state index contributed by atoms with van der Waals surface area (Å²) in [6.45, 7) is 1.51. The average molecular weight is 252 g/mol. The van der Waals surface area contributed by atoms with Gasteiger partial charge in [-0.1, -0.05) is 0 Å². The van der Waals surface area contributed by atoms with Gasteiger partial charge in [0.25, 0.3) is 0 Å². The minimum Gasteiger partial charge on any atom is -0.674 e. The zero-order valence-electron chi connectivity index (χ0n) is 7.27. The van der Waals surface area contributed by atoms with Crippen molar-refractivity contribution in [2.24, 2.45) is 4.99 Å². The van der Waals surface area contributed by atoms with E-state index in [4.69, 9.17) is 0 Å². The molecule has 2 rings (SSSR count). The largest absolute Gasteiger partial charge is 2.00 e. The van der Waals surface area contributed by atoms with Crippen LogP contribution < -0.4 is 0 Å². The third-order valence-electron chi connectivity index (χ3n) is 1.04. The molecule has 0 atom stereocenters. The molecule has 1 heterocycles. The maximum atomic E-state index is 4.53. The average Bonchev–Trinajstić information content (AvgIpc) is 2.64. The molecule has 66 valence electrons. The molecule has 1 aliphatic rings. The van der Waals surface area contributed by atoms with Crippen LogP contribution >= 0.6 is 17.0 Å². The third-order valence-corrected chi connectivity index (χ3v) is 1.04. The maximum absolute atomic E-state index is 4.53. The molecule has 0 saturated carbocycles. The van der Waals surface area contributed by atoms with Crippen LogP contribution in [0.4, 0.5) is 0 Å². The Morgan fingerprint density at radius 2 is 1.85 bits per heavy atom. The van der Waals surface area contributed by atoms with Crippen molar-refractivity contribution in [3.63, 3.8) is 0 Å². The number of hydrogen-bond donors (Lipinski definition) is 0. The summed E-state index contributed by atoms with van der Waals surface area (Å²) in [7, 11) is 0. The summed E-state index contributed by atoms with van der Waals surface area (Å²) in [5.41, 5.74) is 0. The monoisotopic (exact) mass is 251 g/mol. The normalized spacial score (nSPS) is 11.1. The molecule has 0 aliphatic carbocycles. The Kier molecular flexibility index (Phi) is 14.1. The molecule has 0 unspecified atom stereocenters. The molecule has 4 heteroatoms. The standard InChI is InChI=1S/C6H5.C3H4NO.BrH.Mg/c1-2-4-6-5-3-1;1-2-5-3-4-1;;/h1-5H;1-2H2;1H;/q2*-1;;+2. The van der Waals surface area contributed by atoms with Crippen molar-refractivity contribution in [3.8, 4) is 0 Å². The van der Waals surface area contributed by atoms with Crippen molar-refractivity contribution in [1.29, 1.82) is 0 Å². The van der Waals surface area contributed by atoms with Gasteiger partial charge >= 0.3 is 23.1 Å². The summed E-state index contributed by atoms with van der Waals surface area (Å²) < 4.78 is 4.53. The van der Waals surface area contributed by atoms with Gasteiger partial charge in [0.1, 0.15) is 0 Å². The van der Waals surface area contributed by atoms with Crippen LogP contribution in [0.25, 0.3) is 0 Å². The summed E-state index contributed by atoms with van der Waals surface area (Å²) in [6, 6.07) is 12.5. The molecule has 0 radical (unpaired) electrons. The van der Waals surface area contributed by atoms with Gasteiger partial charge in [0.15, 0.2) is 0 Å². The van der Waals surface area contributed by atoms with Gasteiger partial charge in [-0.15, -0.1) is 17.0 Å². The van der Waals surface area contributed by atoms with E-state index >= 15 is 0 Å². The second-order valence-electron chi connectivity index (χ2n) is 1.90. The van der Waals surface area contributed by atoms with E-state index in [1.165, 1.54) is 0 Å². The Morgan fingerprint density at radius 1 is 1.15 bits per heavy atom. The van der Waals surface area contributed by atoms with E-state index in [2.05, 4.69) is 22.2 Å². The predicted molar refractivity (Wildman–Crippen MR) is 59.6 cm³/mol. The molecule has 0 bridgehead atoms. The zero-order valence-corrected chi connectivity index (χ0v) is 10.4. The van der Waals surface area contributed by atoms with Crippen molar-refractivity contribution in [2.45, 2.75) is 0 Å². The summed E-state index contributed by atoms with van der Waals surface area (Å²) in [4.78, 5) is 3.61. The SMILES string of the molecule is Br.[C-]1=NCCO1.[Mg+2].[c-]1ccccc1. The fourth-order valence-corrected chi connectivity index (χ4v) is 0.570. The van der Waals surface area contributed by atoms with E-state index in [1.807, 2.05) is 30.3 Å². The molecule has 0 amide bonds. The van der Waals surface area contributed by atoms with Crippen molar-refractivity contribution in [2.75, 3.05) is 13.2 Å². The van der Waals surface area contributed by atoms with E-state index in [9.17, 15) is 0 Å². The number of benzene rings is 1. The van der Waals surface area contributed by atoms with E-state index in [-0.39, 0.29) is 40.0 Å². The van der Waals surface area contributed by atoms with Crippen molar-refractivity contribution in [3.05, 3.63) is 36.4 Å². The third kappa shape index (κ3) is 9.85. The molecular weight excluding hydrogens is 242 g/mol. The van der Waals surface area contributed by atoms with Gasteiger partial charge in [0.2, 0.25) is 0 Å². The summed E-state index contributed by atoms with van der Waals surface area (Å²) in [5, 5.41) is 0. The number of hydrogen-bond acceptors (Lipinski definition) is 2. The number of nitrogens with zero attached hydrogens (tertiary/aromatic N) is 1. The molecule has 1 aliphatic heterocycles. The molecule has 1 aromatic rings. The van der Waals surface area contributed by atoms with Gasteiger partial charge in [0.05, 0.1) is 6.61 Å². The summed E-state index contributed by atoms with van der Waals surface area (Å²) in [6.07, 6.45) is 2.35. The van der Waals surface area contributed by atoms with E-state index in [1.54, 1.807) is 0 Å². The second-order valence-corrected chi connectivity index (χ2v) is 1.90. The van der Waals surface area contributed by atoms with Crippen LogP contribution in [0.3, 0.4) is 0 Å². The molecule has 1 aromatic carbocycles. The first kappa shape index (κ1) is 15.4. The maximum Gasteiger partial charge on any atom is 2.00 e. The van der Waals surface area contributed by atoms with E-state index in [0.717, 1.165) is 13.2 Å². The van der Waals surface area contributed by atoms with Crippen LogP contribution in [0.15, 0.2) is 35.3 Å². The van der Waals surface area contributed by atoms with E-state index in [0.29, 0.717) is 0 Å². The summed E-state index contributed by atoms with van der Waals surface area (Å²) >= 11 is 0. The smallest absolute Gasteiger partial charge is 0.674 e. The first-order valence-corrected chi connectivity index (χ1v) is 3.44. The summed E-state index contributed by atoms with van der Waals surface area (Å²) in [5.74, 6) is 0. The molecule has 13 heavy (non-hydrogen) atoms. The molecule has 0 fully saturated rings. The van der Waals surface area contributed by atoms with Crippen LogP contribution in [0, 0.1) is 6.07 Å². The Balaban J connectivity index is 0. The van der Waals surface area contributed by atoms with Gasteiger partial charge in [-0.05, 0) is 0 Å².